The van der Waals surface area contributed by atoms with Crippen molar-refractivity contribution in [1.82, 2.24) is 5.32 Å². The maximum atomic E-state index is 11.6. The molecule has 102 valence electrons. The highest BCUT2D eigenvalue weighted by Gasteiger charge is 2.29. The van der Waals surface area contributed by atoms with Crippen molar-refractivity contribution in [2.24, 2.45) is 11.5 Å². The van der Waals surface area contributed by atoms with Crippen molar-refractivity contribution in [2.75, 3.05) is 24.5 Å². The van der Waals surface area contributed by atoms with Crippen molar-refractivity contribution in [2.45, 2.75) is 6.04 Å². The van der Waals surface area contributed by atoms with Gasteiger partial charge in [-0.1, -0.05) is 6.07 Å². The predicted molar refractivity (Wildman–Crippen MR) is 75.9 cm³/mol. The molecule has 1 atom stereocenters. The molecule has 2 amide bonds. The number of nitrogens with two attached hydrogens (primary N) is 2. The molecule has 2 rings (SSSR count). The first-order valence-corrected chi connectivity index (χ1v) is 6.66. The third-order valence-electron chi connectivity index (χ3n) is 3.12. The van der Waals surface area contributed by atoms with Crippen LogP contribution in [0.2, 0.25) is 0 Å². The van der Waals surface area contributed by atoms with Gasteiger partial charge in [0, 0.05) is 24.1 Å². The molecule has 5 N–H and O–H groups in total. The van der Waals surface area contributed by atoms with Crippen LogP contribution in [0.3, 0.4) is 0 Å². The summed E-state index contributed by atoms with van der Waals surface area (Å²) in [6, 6.07) is 4.82. The molecule has 0 aliphatic carbocycles. The van der Waals surface area contributed by atoms with Crippen LogP contribution in [0.25, 0.3) is 0 Å². The van der Waals surface area contributed by atoms with Crippen LogP contribution in [0.4, 0.5) is 5.69 Å². The number of primary amides is 2. The lowest BCUT2D eigenvalue weighted by Crippen LogP contribution is -2.57. The average molecular weight is 327 g/mol. The second-order valence-electron chi connectivity index (χ2n) is 4.31. The van der Waals surface area contributed by atoms with Crippen molar-refractivity contribution in [3.63, 3.8) is 0 Å². The lowest BCUT2D eigenvalue weighted by molar-refractivity contribution is -0.119. The van der Waals surface area contributed by atoms with Gasteiger partial charge in [0.15, 0.2) is 0 Å². The number of piperazine rings is 1. The Balaban J connectivity index is 2.47. The molecule has 1 aromatic rings. The lowest BCUT2D eigenvalue weighted by Gasteiger charge is -2.37. The van der Waals surface area contributed by atoms with E-state index in [-0.39, 0.29) is 0 Å². The number of carbonyl (C=O) groups excluding carboxylic acids is 2. The van der Waals surface area contributed by atoms with Crippen LogP contribution in [0.15, 0.2) is 22.7 Å². The van der Waals surface area contributed by atoms with Crippen LogP contribution in [0, 0.1) is 0 Å². The van der Waals surface area contributed by atoms with Gasteiger partial charge in [0.1, 0.15) is 6.04 Å². The van der Waals surface area contributed by atoms with Crippen molar-refractivity contribution in [1.29, 1.82) is 0 Å². The summed E-state index contributed by atoms with van der Waals surface area (Å²) in [7, 11) is 0. The fraction of sp³-hybridized carbons (Fsp3) is 0.333. The van der Waals surface area contributed by atoms with Crippen LogP contribution < -0.4 is 21.7 Å². The molecule has 1 saturated heterocycles. The molecular formula is C12H15BrN4O2. The zero-order valence-electron chi connectivity index (χ0n) is 10.2. The summed E-state index contributed by atoms with van der Waals surface area (Å²) in [5.74, 6) is -0.966. The number of anilines is 1. The van der Waals surface area contributed by atoms with Crippen molar-refractivity contribution >= 4 is 33.4 Å². The van der Waals surface area contributed by atoms with Gasteiger partial charge in [-0.05, 0) is 28.1 Å². The lowest BCUT2D eigenvalue weighted by atomic mass is 10.1. The molecule has 1 aliphatic rings. The van der Waals surface area contributed by atoms with Crippen molar-refractivity contribution in [3.8, 4) is 0 Å². The minimum atomic E-state index is -0.538. The Morgan fingerprint density at radius 1 is 1.37 bits per heavy atom. The molecule has 0 aromatic heterocycles. The maximum absolute atomic E-state index is 11.6. The van der Waals surface area contributed by atoms with Crippen LogP contribution >= 0.6 is 15.9 Å². The third-order valence-corrected chi connectivity index (χ3v) is 3.78. The normalized spacial score (nSPS) is 19.2. The van der Waals surface area contributed by atoms with E-state index in [2.05, 4.69) is 21.2 Å². The summed E-state index contributed by atoms with van der Waals surface area (Å²) in [5, 5.41) is 3.11. The molecule has 0 bridgehead atoms. The Morgan fingerprint density at radius 3 is 2.74 bits per heavy atom. The summed E-state index contributed by atoms with van der Waals surface area (Å²) in [6.45, 7) is 1.76. The van der Waals surface area contributed by atoms with Crippen LogP contribution in [0.1, 0.15) is 10.4 Å². The number of carbonyl (C=O) groups is 2. The first-order chi connectivity index (χ1) is 9.02. The average Bonchev–Trinajstić information content (AvgIpc) is 2.37. The number of benzene rings is 1. The van der Waals surface area contributed by atoms with E-state index < -0.39 is 17.9 Å². The largest absolute Gasteiger partial charge is 0.368 e. The van der Waals surface area contributed by atoms with Gasteiger partial charge in [-0.25, -0.2) is 0 Å². The van der Waals surface area contributed by atoms with Gasteiger partial charge in [0.25, 0.3) is 5.91 Å². The molecule has 7 heteroatoms. The van der Waals surface area contributed by atoms with E-state index in [1.807, 2.05) is 4.90 Å². The number of nitrogens with one attached hydrogen (secondary N) is 1. The fourth-order valence-corrected chi connectivity index (χ4v) is 2.79. The zero-order chi connectivity index (χ0) is 14.0. The fourth-order valence-electron chi connectivity index (χ4n) is 2.24. The highest BCUT2D eigenvalue weighted by molar-refractivity contribution is 9.10. The van der Waals surface area contributed by atoms with E-state index in [0.29, 0.717) is 35.4 Å². The van der Waals surface area contributed by atoms with Crippen LogP contribution in [-0.4, -0.2) is 37.5 Å². The molecule has 1 fully saturated rings. The van der Waals surface area contributed by atoms with Crippen molar-refractivity contribution in [3.05, 3.63) is 28.2 Å². The van der Waals surface area contributed by atoms with Gasteiger partial charge in [-0.2, -0.15) is 0 Å². The molecule has 1 aliphatic heterocycles. The van der Waals surface area contributed by atoms with Crippen molar-refractivity contribution < 1.29 is 9.59 Å². The quantitative estimate of drug-likeness (QED) is 0.716. The predicted octanol–water partition coefficient (Wildman–Crippen LogP) is -0.189. The SMILES string of the molecule is NC(=O)c1c(Br)cccc1N1CCNCC1C(N)=O. The first-order valence-electron chi connectivity index (χ1n) is 5.87. The monoisotopic (exact) mass is 326 g/mol. The van der Waals surface area contributed by atoms with Crippen LogP contribution in [-0.2, 0) is 4.79 Å². The molecule has 19 heavy (non-hydrogen) atoms. The van der Waals surface area contributed by atoms with E-state index >= 15 is 0 Å². The number of halogens is 1. The molecular weight excluding hydrogens is 312 g/mol. The van der Waals surface area contributed by atoms with Gasteiger partial charge < -0.3 is 21.7 Å². The smallest absolute Gasteiger partial charge is 0.251 e. The number of hydrogen-bond acceptors (Lipinski definition) is 4. The Kier molecular flexibility index (Phi) is 4.06. The second-order valence-corrected chi connectivity index (χ2v) is 5.17. The highest BCUT2D eigenvalue weighted by Crippen LogP contribution is 2.29. The topological polar surface area (TPSA) is 101 Å². The highest BCUT2D eigenvalue weighted by atomic mass is 79.9. The summed E-state index contributed by atoms with van der Waals surface area (Å²) in [4.78, 5) is 24.9. The van der Waals surface area contributed by atoms with Gasteiger partial charge in [0.2, 0.25) is 5.91 Å². The van der Waals surface area contributed by atoms with E-state index in [0.717, 1.165) is 0 Å². The summed E-state index contributed by atoms with van der Waals surface area (Å²) >= 11 is 3.31. The summed E-state index contributed by atoms with van der Waals surface area (Å²) in [6.07, 6.45) is 0. The first kappa shape index (κ1) is 13.8. The van der Waals surface area contributed by atoms with E-state index in [4.69, 9.17) is 11.5 Å². The minimum absolute atomic E-state index is 0.371. The van der Waals surface area contributed by atoms with Gasteiger partial charge in [-0.15, -0.1) is 0 Å². The summed E-state index contributed by atoms with van der Waals surface area (Å²) < 4.78 is 0.610. The number of amides is 2. The maximum Gasteiger partial charge on any atom is 0.251 e. The third kappa shape index (κ3) is 2.71. The molecule has 1 aromatic carbocycles. The summed E-state index contributed by atoms with van der Waals surface area (Å²) in [5.41, 5.74) is 11.8. The second kappa shape index (κ2) is 5.58. The minimum Gasteiger partial charge on any atom is -0.368 e. The van der Waals surface area contributed by atoms with E-state index in [1.165, 1.54) is 0 Å². The Morgan fingerprint density at radius 2 is 2.11 bits per heavy atom. The van der Waals surface area contributed by atoms with Crippen LogP contribution in [0.5, 0.6) is 0 Å². The Hall–Kier alpha value is -1.60. The number of hydrogen-bond donors (Lipinski definition) is 3. The number of rotatable bonds is 3. The molecule has 1 heterocycles. The molecule has 0 spiro atoms. The standard InChI is InChI=1S/C12H15BrN4O2/c13-7-2-1-3-8(10(7)12(15)19)17-5-4-16-6-9(17)11(14)18/h1-3,9,16H,4-6H2,(H2,14,18)(H2,15,19). The van der Waals surface area contributed by atoms with Gasteiger partial charge in [0.05, 0.1) is 11.3 Å². The molecule has 0 radical (unpaired) electrons. The zero-order valence-corrected chi connectivity index (χ0v) is 11.8. The Labute approximate surface area is 119 Å². The van der Waals surface area contributed by atoms with E-state index in [9.17, 15) is 9.59 Å². The molecule has 6 nitrogen and oxygen atoms in total. The Bertz CT molecular complexity index is 520. The van der Waals surface area contributed by atoms with E-state index in [1.54, 1.807) is 18.2 Å². The van der Waals surface area contributed by atoms with Gasteiger partial charge in [-0.3, -0.25) is 9.59 Å². The molecule has 0 saturated carbocycles. The van der Waals surface area contributed by atoms with Gasteiger partial charge >= 0.3 is 0 Å². The number of nitrogens with zero attached hydrogens (tertiary/aromatic N) is 1. The molecule has 1 unspecified atom stereocenters.